The van der Waals surface area contributed by atoms with E-state index in [1.807, 2.05) is 11.8 Å². The molecule has 1 aliphatic heterocycles. The first-order chi connectivity index (χ1) is 7.77. The molecule has 0 spiro atoms. The zero-order valence-corrected chi connectivity index (χ0v) is 10.2. The summed E-state index contributed by atoms with van der Waals surface area (Å²) in [6, 6.07) is 0. The molecule has 1 saturated heterocycles. The fourth-order valence-electron chi connectivity index (χ4n) is 2.14. The summed E-state index contributed by atoms with van der Waals surface area (Å²) in [5, 5.41) is 3.38. The minimum atomic E-state index is 0.200. The number of nitrogens with one attached hydrogen (secondary N) is 1. The Labute approximate surface area is 98.6 Å². The third kappa shape index (κ3) is 4.24. The predicted octanol–water partition coefficient (Wildman–Crippen LogP) is 1.25. The first kappa shape index (κ1) is 13.1. The minimum absolute atomic E-state index is 0.200. The Kier molecular flexibility index (Phi) is 5.95. The van der Waals surface area contributed by atoms with E-state index in [0.717, 1.165) is 26.2 Å². The Morgan fingerprint density at radius 3 is 3.00 bits per heavy atom. The Hall–Kier alpha value is -1.01. The summed E-state index contributed by atoms with van der Waals surface area (Å²) in [5.41, 5.74) is 0. The molecule has 0 saturated carbocycles. The zero-order chi connectivity index (χ0) is 11.8. The lowest BCUT2D eigenvalue weighted by Crippen LogP contribution is -2.40. The van der Waals surface area contributed by atoms with E-state index in [1.54, 1.807) is 0 Å². The van der Waals surface area contributed by atoms with Crippen LogP contribution in [0.5, 0.6) is 0 Å². The van der Waals surface area contributed by atoms with Gasteiger partial charge in [0.15, 0.2) is 0 Å². The van der Waals surface area contributed by atoms with Gasteiger partial charge in [-0.25, -0.2) is 0 Å². The molecular weight excluding hydrogens is 200 g/mol. The Balaban J connectivity index is 2.35. The molecule has 1 N–H and O–H groups in total. The summed E-state index contributed by atoms with van der Waals surface area (Å²) >= 11 is 0. The van der Waals surface area contributed by atoms with Crippen molar-refractivity contribution in [3.05, 3.63) is 0 Å². The van der Waals surface area contributed by atoms with Crippen molar-refractivity contribution < 1.29 is 4.79 Å². The van der Waals surface area contributed by atoms with E-state index in [0.29, 0.717) is 18.8 Å². The first-order valence-corrected chi connectivity index (χ1v) is 6.19. The molecule has 3 nitrogen and oxygen atoms in total. The highest BCUT2D eigenvalue weighted by Gasteiger charge is 2.18. The molecule has 16 heavy (non-hydrogen) atoms. The SMILES string of the molecule is C#CCCC(=O)N(CC)CC1CCCNC1. The van der Waals surface area contributed by atoms with E-state index in [2.05, 4.69) is 11.2 Å². The molecule has 0 aromatic heterocycles. The molecule has 1 rings (SSSR count). The maximum atomic E-state index is 11.8. The van der Waals surface area contributed by atoms with E-state index in [4.69, 9.17) is 6.42 Å². The van der Waals surface area contributed by atoms with Gasteiger partial charge in [-0.1, -0.05) is 0 Å². The number of carbonyl (C=O) groups excluding carboxylic acids is 1. The fraction of sp³-hybridized carbons (Fsp3) is 0.769. The van der Waals surface area contributed by atoms with Crippen LogP contribution in [0.3, 0.4) is 0 Å². The topological polar surface area (TPSA) is 32.3 Å². The van der Waals surface area contributed by atoms with Crippen molar-refractivity contribution >= 4 is 5.91 Å². The van der Waals surface area contributed by atoms with E-state index >= 15 is 0 Å². The lowest BCUT2D eigenvalue weighted by atomic mass is 9.99. The second-order valence-corrected chi connectivity index (χ2v) is 4.35. The summed E-state index contributed by atoms with van der Waals surface area (Å²) in [4.78, 5) is 13.8. The van der Waals surface area contributed by atoms with Gasteiger partial charge in [-0.05, 0) is 38.8 Å². The van der Waals surface area contributed by atoms with Gasteiger partial charge in [-0.15, -0.1) is 12.3 Å². The molecule has 90 valence electrons. The molecule has 0 radical (unpaired) electrons. The molecule has 1 aliphatic rings. The van der Waals surface area contributed by atoms with Gasteiger partial charge in [0.1, 0.15) is 0 Å². The van der Waals surface area contributed by atoms with Gasteiger partial charge in [0, 0.05) is 25.9 Å². The second kappa shape index (κ2) is 7.29. The van der Waals surface area contributed by atoms with Crippen LogP contribution in [-0.4, -0.2) is 37.0 Å². The molecule has 1 atom stereocenters. The van der Waals surface area contributed by atoms with Crippen molar-refractivity contribution in [2.45, 2.75) is 32.6 Å². The standard InChI is InChI=1S/C13H22N2O/c1-3-5-8-13(16)15(4-2)11-12-7-6-9-14-10-12/h1,12,14H,4-11H2,2H3. The number of amides is 1. The molecule has 0 aliphatic carbocycles. The summed E-state index contributed by atoms with van der Waals surface area (Å²) in [6.45, 7) is 5.86. The maximum absolute atomic E-state index is 11.8. The van der Waals surface area contributed by atoms with Crippen LogP contribution in [0, 0.1) is 18.3 Å². The number of carbonyl (C=O) groups is 1. The largest absolute Gasteiger partial charge is 0.343 e. The summed E-state index contributed by atoms with van der Waals surface area (Å²) in [5.74, 6) is 3.34. The third-order valence-electron chi connectivity index (χ3n) is 3.10. The molecule has 1 unspecified atom stereocenters. The van der Waals surface area contributed by atoms with Gasteiger partial charge in [-0.2, -0.15) is 0 Å². The van der Waals surface area contributed by atoms with E-state index in [9.17, 15) is 4.79 Å². The van der Waals surface area contributed by atoms with Crippen molar-refractivity contribution in [3.8, 4) is 12.3 Å². The van der Waals surface area contributed by atoms with Gasteiger partial charge in [0.2, 0.25) is 5.91 Å². The van der Waals surface area contributed by atoms with Crippen molar-refractivity contribution in [1.82, 2.24) is 10.2 Å². The highest BCUT2D eigenvalue weighted by atomic mass is 16.2. The molecule has 1 amide bonds. The monoisotopic (exact) mass is 222 g/mol. The molecule has 0 bridgehead atoms. The summed E-state index contributed by atoms with van der Waals surface area (Å²) in [6.07, 6.45) is 8.67. The summed E-state index contributed by atoms with van der Waals surface area (Å²) < 4.78 is 0. The van der Waals surface area contributed by atoms with Crippen molar-refractivity contribution in [3.63, 3.8) is 0 Å². The molecular formula is C13H22N2O. The number of hydrogen-bond donors (Lipinski definition) is 1. The number of rotatable bonds is 5. The van der Waals surface area contributed by atoms with Crippen LogP contribution < -0.4 is 5.32 Å². The number of hydrogen-bond acceptors (Lipinski definition) is 2. The molecule has 0 aromatic rings. The van der Waals surface area contributed by atoms with Crippen LogP contribution in [-0.2, 0) is 4.79 Å². The Bertz CT molecular complexity index is 251. The lowest BCUT2D eigenvalue weighted by molar-refractivity contribution is -0.131. The molecule has 0 aromatic carbocycles. The molecule has 1 fully saturated rings. The van der Waals surface area contributed by atoms with Gasteiger partial charge < -0.3 is 10.2 Å². The van der Waals surface area contributed by atoms with Crippen LogP contribution in [0.2, 0.25) is 0 Å². The van der Waals surface area contributed by atoms with Crippen LogP contribution in [0.4, 0.5) is 0 Å². The van der Waals surface area contributed by atoms with Crippen molar-refractivity contribution in [1.29, 1.82) is 0 Å². The normalized spacial score (nSPS) is 20.1. The lowest BCUT2D eigenvalue weighted by Gasteiger charge is -2.29. The number of terminal acetylenes is 1. The average Bonchev–Trinajstić information content (AvgIpc) is 2.34. The third-order valence-corrected chi connectivity index (χ3v) is 3.10. The minimum Gasteiger partial charge on any atom is -0.343 e. The van der Waals surface area contributed by atoms with E-state index < -0.39 is 0 Å². The molecule has 1 heterocycles. The quantitative estimate of drug-likeness (QED) is 0.710. The van der Waals surface area contributed by atoms with Crippen LogP contribution in [0.1, 0.15) is 32.6 Å². The Morgan fingerprint density at radius 2 is 2.44 bits per heavy atom. The highest BCUT2D eigenvalue weighted by Crippen LogP contribution is 2.12. The van der Waals surface area contributed by atoms with Crippen LogP contribution >= 0.6 is 0 Å². The van der Waals surface area contributed by atoms with Gasteiger partial charge >= 0.3 is 0 Å². The smallest absolute Gasteiger partial charge is 0.223 e. The molecule has 3 heteroatoms. The zero-order valence-electron chi connectivity index (χ0n) is 10.2. The van der Waals surface area contributed by atoms with Crippen LogP contribution in [0.25, 0.3) is 0 Å². The average molecular weight is 222 g/mol. The maximum Gasteiger partial charge on any atom is 0.223 e. The summed E-state index contributed by atoms with van der Waals surface area (Å²) in [7, 11) is 0. The van der Waals surface area contributed by atoms with Crippen molar-refractivity contribution in [2.75, 3.05) is 26.2 Å². The van der Waals surface area contributed by atoms with Gasteiger partial charge in [0.25, 0.3) is 0 Å². The predicted molar refractivity (Wildman–Crippen MR) is 65.9 cm³/mol. The highest BCUT2D eigenvalue weighted by molar-refractivity contribution is 5.76. The fourth-order valence-corrected chi connectivity index (χ4v) is 2.14. The van der Waals surface area contributed by atoms with Crippen molar-refractivity contribution in [2.24, 2.45) is 5.92 Å². The van der Waals surface area contributed by atoms with Crippen LogP contribution in [0.15, 0.2) is 0 Å². The first-order valence-electron chi connectivity index (χ1n) is 6.19. The second-order valence-electron chi connectivity index (χ2n) is 4.35. The van der Waals surface area contributed by atoms with Gasteiger partial charge in [-0.3, -0.25) is 4.79 Å². The Morgan fingerprint density at radius 1 is 1.62 bits per heavy atom. The van der Waals surface area contributed by atoms with Gasteiger partial charge in [0.05, 0.1) is 0 Å². The van der Waals surface area contributed by atoms with E-state index in [-0.39, 0.29) is 5.91 Å². The van der Waals surface area contributed by atoms with E-state index in [1.165, 1.54) is 12.8 Å². The number of piperidine rings is 1. The number of nitrogens with zero attached hydrogens (tertiary/aromatic N) is 1.